The number of nitrogens with zero attached hydrogens (tertiary/aromatic N) is 3. The number of likely N-dealkylation sites (tertiary alicyclic amines) is 1. The van der Waals surface area contributed by atoms with Gasteiger partial charge in [-0.25, -0.2) is 4.98 Å². The summed E-state index contributed by atoms with van der Waals surface area (Å²) in [6, 6.07) is 4.26. The van der Waals surface area contributed by atoms with Crippen molar-refractivity contribution >= 4 is 23.1 Å². The highest BCUT2D eigenvalue weighted by atomic mass is 32.1. The molecule has 0 bridgehead atoms. The van der Waals surface area contributed by atoms with Crippen LogP contribution in [-0.4, -0.2) is 46.6 Å². The number of thiophene rings is 1. The monoisotopic (exact) mass is 358 g/mol. The summed E-state index contributed by atoms with van der Waals surface area (Å²) in [5.74, 6) is 0.754. The van der Waals surface area contributed by atoms with E-state index in [1.165, 1.54) is 4.88 Å². The molecule has 7 heteroatoms. The topological polar surface area (TPSA) is 67.3 Å². The molecule has 4 rings (SSSR count). The van der Waals surface area contributed by atoms with Crippen molar-refractivity contribution in [3.05, 3.63) is 41.0 Å². The minimum absolute atomic E-state index is 0.0353. The normalized spacial score (nSPS) is 26.8. The summed E-state index contributed by atoms with van der Waals surface area (Å²) >= 11 is 1.79. The molecule has 1 amide bonds. The van der Waals surface area contributed by atoms with Gasteiger partial charge in [0.1, 0.15) is 0 Å². The van der Waals surface area contributed by atoms with Crippen LogP contribution in [0, 0.1) is 11.8 Å². The van der Waals surface area contributed by atoms with Crippen LogP contribution in [0.1, 0.15) is 17.7 Å². The van der Waals surface area contributed by atoms with Crippen molar-refractivity contribution in [1.29, 1.82) is 0 Å². The Morgan fingerprint density at radius 3 is 3.16 bits per heavy atom. The van der Waals surface area contributed by atoms with Crippen LogP contribution < -0.4 is 5.32 Å². The summed E-state index contributed by atoms with van der Waals surface area (Å²) in [7, 11) is 0. The minimum Gasteiger partial charge on any atom is -0.378 e. The van der Waals surface area contributed by atoms with E-state index in [1.807, 2.05) is 0 Å². The molecule has 25 heavy (non-hydrogen) atoms. The van der Waals surface area contributed by atoms with Crippen LogP contribution >= 0.6 is 11.3 Å². The number of hydrogen-bond donors (Lipinski definition) is 1. The Morgan fingerprint density at radius 2 is 2.36 bits per heavy atom. The molecule has 132 valence electrons. The molecule has 2 aromatic heterocycles. The Bertz CT molecular complexity index is 694. The lowest BCUT2D eigenvalue weighted by atomic mass is 9.79. The van der Waals surface area contributed by atoms with Gasteiger partial charge in [0.15, 0.2) is 5.82 Å². The van der Waals surface area contributed by atoms with Crippen molar-refractivity contribution in [2.45, 2.75) is 25.5 Å². The average molecular weight is 358 g/mol. The van der Waals surface area contributed by atoms with Gasteiger partial charge in [0, 0.05) is 55.3 Å². The van der Waals surface area contributed by atoms with Gasteiger partial charge in [0.25, 0.3) is 0 Å². The Hall–Kier alpha value is -1.83. The minimum atomic E-state index is -0.0353. The quantitative estimate of drug-likeness (QED) is 0.909. The van der Waals surface area contributed by atoms with Gasteiger partial charge < -0.3 is 10.1 Å². The number of carbonyl (C=O) groups excluding carboxylic acids is 1. The maximum atomic E-state index is 12.8. The van der Waals surface area contributed by atoms with Crippen molar-refractivity contribution in [2.75, 3.05) is 25.0 Å². The molecule has 0 radical (unpaired) electrons. The second-order valence-corrected chi connectivity index (χ2v) is 7.68. The number of nitrogens with one attached hydrogen (secondary N) is 1. The Balaban J connectivity index is 1.43. The lowest BCUT2D eigenvalue weighted by Crippen LogP contribution is -2.52. The van der Waals surface area contributed by atoms with Gasteiger partial charge >= 0.3 is 0 Å². The molecule has 6 nitrogen and oxygen atoms in total. The lowest BCUT2D eigenvalue weighted by Gasteiger charge is -2.44. The van der Waals surface area contributed by atoms with Gasteiger partial charge in [-0.05, 0) is 24.3 Å². The number of ether oxygens (including phenoxy) is 1. The van der Waals surface area contributed by atoms with Gasteiger partial charge in [-0.2, -0.15) is 0 Å². The Labute approximate surface area is 151 Å². The number of piperidine rings is 1. The number of hydrogen-bond acceptors (Lipinski definition) is 6. The molecule has 2 fully saturated rings. The average Bonchev–Trinajstić information content (AvgIpc) is 3.15. The zero-order chi connectivity index (χ0) is 17.1. The van der Waals surface area contributed by atoms with Gasteiger partial charge in [0.2, 0.25) is 5.91 Å². The number of rotatable bonds is 4. The highest BCUT2D eigenvalue weighted by Gasteiger charge is 2.41. The summed E-state index contributed by atoms with van der Waals surface area (Å²) in [6.45, 7) is 3.54. The van der Waals surface area contributed by atoms with E-state index >= 15 is 0 Å². The van der Waals surface area contributed by atoms with Crippen molar-refractivity contribution in [3.63, 3.8) is 0 Å². The zero-order valence-corrected chi connectivity index (χ0v) is 14.8. The Kier molecular flexibility index (Phi) is 5.05. The maximum absolute atomic E-state index is 12.8. The fourth-order valence-electron chi connectivity index (χ4n) is 3.86. The first-order chi connectivity index (χ1) is 12.3. The SMILES string of the molecule is O=C(Nc1cnccn1)[C@@H]1CCO[C@@H]2CCN(Cc3cccs3)C[C@@H]21. The van der Waals surface area contributed by atoms with Gasteiger partial charge in [0.05, 0.1) is 12.3 Å². The number of carbonyl (C=O) groups is 1. The van der Waals surface area contributed by atoms with Crippen molar-refractivity contribution in [1.82, 2.24) is 14.9 Å². The molecular formula is C18H22N4O2S. The van der Waals surface area contributed by atoms with E-state index in [9.17, 15) is 4.79 Å². The first-order valence-corrected chi connectivity index (χ1v) is 9.61. The van der Waals surface area contributed by atoms with Crippen molar-refractivity contribution in [3.8, 4) is 0 Å². The largest absolute Gasteiger partial charge is 0.378 e. The predicted octanol–water partition coefficient (Wildman–Crippen LogP) is 2.40. The summed E-state index contributed by atoms with van der Waals surface area (Å²) in [6.07, 6.45) is 6.71. The third kappa shape index (κ3) is 3.89. The molecule has 0 saturated carbocycles. The Morgan fingerprint density at radius 1 is 1.40 bits per heavy atom. The standard InChI is InChI=1S/C18H22N4O2S/c23-18(21-17-10-19-5-6-20-17)14-4-8-24-16-3-7-22(12-15(14)16)11-13-2-1-9-25-13/h1-2,5-6,9-10,14-16H,3-4,7-8,11-12H2,(H,20,21,23)/t14-,15-,16-/m1/s1. The molecule has 0 unspecified atom stereocenters. The van der Waals surface area contributed by atoms with E-state index in [1.54, 1.807) is 29.9 Å². The smallest absolute Gasteiger partial charge is 0.229 e. The van der Waals surface area contributed by atoms with E-state index in [-0.39, 0.29) is 23.8 Å². The molecule has 2 aliphatic heterocycles. The van der Waals surface area contributed by atoms with Crippen LogP contribution in [0.25, 0.3) is 0 Å². The summed E-state index contributed by atoms with van der Waals surface area (Å²) < 4.78 is 5.96. The van der Waals surface area contributed by atoms with Crippen LogP contribution in [-0.2, 0) is 16.1 Å². The van der Waals surface area contributed by atoms with Crippen molar-refractivity contribution in [2.24, 2.45) is 11.8 Å². The highest BCUT2D eigenvalue weighted by Crippen LogP contribution is 2.34. The maximum Gasteiger partial charge on any atom is 0.229 e. The molecule has 4 heterocycles. The van der Waals surface area contributed by atoms with Crippen LogP contribution in [0.3, 0.4) is 0 Å². The number of amides is 1. The number of fused-ring (bicyclic) bond motifs is 1. The zero-order valence-electron chi connectivity index (χ0n) is 14.0. The summed E-state index contributed by atoms with van der Waals surface area (Å²) in [5.41, 5.74) is 0. The van der Waals surface area contributed by atoms with Crippen LogP contribution in [0.15, 0.2) is 36.1 Å². The van der Waals surface area contributed by atoms with E-state index in [4.69, 9.17) is 4.74 Å². The number of aromatic nitrogens is 2. The molecule has 0 spiro atoms. The van der Waals surface area contributed by atoms with Crippen LogP contribution in [0.4, 0.5) is 5.82 Å². The first-order valence-electron chi connectivity index (χ1n) is 8.73. The van der Waals surface area contributed by atoms with Crippen LogP contribution in [0.2, 0.25) is 0 Å². The van der Waals surface area contributed by atoms with E-state index < -0.39 is 0 Å². The molecule has 2 saturated heterocycles. The molecule has 0 aromatic carbocycles. The molecule has 1 N–H and O–H groups in total. The van der Waals surface area contributed by atoms with E-state index in [2.05, 4.69) is 37.7 Å². The van der Waals surface area contributed by atoms with Gasteiger partial charge in [-0.1, -0.05) is 6.07 Å². The van der Waals surface area contributed by atoms with E-state index in [0.717, 1.165) is 32.5 Å². The molecule has 0 aliphatic carbocycles. The third-order valence-electron chi connectivity index (χ3n) is 5.06. The fourth-order valence-corrected chi connectivity index (χ4v) is 4.61. The number of anilines is 1. The lowest BCUT2D eigenvalue weighted by molar-refractivity contribution is -0.137. The fraction of sp³-hybridized carbons (Fsp3) is 0.500. The van der Waals surface area contributed by atoms with E-state index in [0.29, 0.717) is 12.4 Å². The second kappa shape index (κ2) is 7.59. The molecule has 3 atom stereocenters. The molecule has 2 aromatic rings. The van der Waals surface area contributed by atoms with Gasteiger partial charge in [-0.3, -0.25) is 14.7 Å². The molecule has 2 aliphatic rings. The van der Waals surface area contributed by atoms with Crippen LogP contribution in [0.5, 0.6) is 0 Å². The second-order valence-electron chi connectivity index (χ2n) is 6.65. The third-order valence-corrected chi connectivity index (χ3v) is 5.93. The summed E-state index contributed by atoms with van der Waals surface area (Å²) in [4.78, 5) is 24.8. The first kappa shape index (κ1) is 16.6. The predicted molar refractivity (Wildman–Crippen MR) is 96.2 cm³/mol. The van der Waals surface area contributed by atoms with Gasteiger partial charge in [-0.15, -0.1) is 11.3 Å². The highest BCUT2D eigenvalue weighted by molar-refractivity contribution is 7.09. The van der Waals surface area contributed by atoms with Crippen molar-refractivity contribution < 1.29 is 9.53 Å². The molecular weight excluding hydrogens is 336 g/mol. The summed E-state index contributed by atoms with van der Waals surface area (Å²) in [5, 5.41) is 5.03.